The van der Waals surface area contributed by atoms with Crippen LogP contribution in [0.3, 0.4) is 0 Å². The van der Waals surface area contributed by atoms with Crippen molar-refractivity contribution < 1.29 is 8.42 Å². The summed E-state index contributed by atoms with van der Waals surface area (Å²) in [7, 11) is -3.64. The number of hydrogen-bond donors (Lipinski definition) is 1. The zero-order valence-corrected chi connectivity index (χ0v) is 14.6. The number of hydrogen-bond acceptors (Lipinski definition) is 5. The van der Waals surface area contributed by atoms with Gasteiger partial charge in [-0.05, 0) is 45.0 Å². The van der Waals surface area contributed by atoms with E-state index in [-0.39, 0.29) is 5.03 Å². The number of nitrogens with zero attached hydrogens (tertiary/aromatic N) is 3. The summed E-state index contributed by atoms with van der Waals surface area (Å²) in [5.41, 5.74) is 3.44. The van der Waals surface area contributed by atoms with Crippen molar-refractivity contribution in [2.75, 3.05) is 4.72 Å². The third kappa shape index (κ3) is 3.13. The van der Waals surface area contributed by atoms with Gasteiger partial charge in [0.15, 0.2) is 5.03 Å². The minimum Gasteiger partial charge on any atom is -0.303 e. The van der Waals surface area contributed by atoms with Crippen LogP contribution in [0.4, 0.5) is 5.69 Å². The van der Waals surface area contributed by atoms with Gasteiger partial charge in [0.1, 0.15) is 0 Å². The van der Waals surface area contributed by atoms with Crippen LogP contribution in [0.15, 0.2) is 41.0 Å². The quantitative estimate of drug-likeness (QED) is 0.786. The van der Waals surface area contributed by atoms with Crippen LogP contribution < -0.4 is 4.72 Å². The highest BCUT2D eigenvalue weighted by atomic mass is 32.2. The van der Waals surface area contributed by atoms with E-state index in [1.54, 1.807) is 25.4 Å². The van der Waals surface area contributed by atoms with Crippen LogP contribution in [0.5, 0.6) is 0 Å². The maximum atomic E-state index is 12.2. The second kappa shape index (κ2) is 5.78. The van der Waals surface area contributed by atoms with Crippen molar-refractivity contribution in [1.82, 2.24) is 14.5 Å². The fourth-order valence-electron chi connectivity index (χ4n) is 2.12. The number of benzene rings is 1. The van der Waals surface area contributed by atoms with Crippen LogP contribution in [0.1, 0.15) is 16.4 Å². The Hall–Kier alpha value is -2.19. The molecule has 1 N–H and O–H groups in total. The standard InChI is InChI=1S/C15H16N4O2S2/c1-10-11(2)19(9-16-10)14-6-4-13(5-7-14)18-23(20,21)15-8-22-12(3)17-15/h4-9,18H,1-3H3. The number of nitrogens with one attached hydrogen (secondary N) is 1. The monoisotopic (exact) mass is 348 g/mol. The Kier molecular flexibility index (Phi) is 3.95. The molecule has 120 valence electrons. The average molecular weight is 348 g/mol. The predicted octanol–water partition coefficient (Wildman–Crippen LogP) is 3.05. The molecule has 0 saturated carbocycles. The van der Waals surface area contributed by atoms with Crippen molar-refractivity contribution in [3.63, 3.8) is 0 Å². The van der Waals surface area contributed by atoms with Gasteiger partial charge in [0.2, 0.25) is 0 Å². The van der Waals surface area contributed by atoms with E-state index in [4.69, 9.17) is 0 Å². The third-order valence-corrected chi connectivity index (χ3v) is 5.71. The summed E-state index contributed by atoms with van der Waals surface area (Å²) in [4.78, 5) is 8.27. The number of aromatic nitrogens is 3. The Bertz CT molecular complexity index is 940. The van der Waals surface area contributed by atoms with Gasteiger partial charge in [0, 0.05) is 22.4 Å². The highest BCUT2D eigenvalue weighted by Crippen LogP contribution is 2.20. The smallest absolute Gasteiger partial charge is 0.280 e. The second-order valence-electron chi connectivity index (χ2n) is 5.14. The number of thiazole rings is 1. The number of rotatable bonds is 4. The second-order valence-corrected chi connectivity index (χ2v) is 7.83. The zero-order valence-electron chi connectivity index (χ0n) is 12.9. The summed E-state index contributed by atoms with van der Waals surface area (Å²) in [5, 5.41) is 2.29. The molecule has 3 rings (SSSR count). The molecule has 0 atom stereocenters. The van der Waals surface area contributed by atoms with E-state index in [9.17, 15) is 8.42 Å². The summed E-state index contributed by atoms with van der Waals surface area (Å²) in [5.74, 6) is 0. The molecule has 0 bridgehead atoms. The lowest BCUT2D eigenvalue weighted by Crippen LogP contribution is -2.13. The van der Waals surface area contributed by atoms with Crippen molar-refractivity contribution in [1.29, 1.82) is 0 Å². The minimum absolute atomic E-state index is 0.0464. The first-order valence-electron chi connectivity index (χ1n) is 6.93. The number of aryl methyl sites for hydroxylation is 2. The van der Waals surface area contributed by atoms with Gasteiger partial charge in [-0.1, -0.05) is 0 Å². The maximum absolute atomic E-state index is 12.2. The molecular formula is C15H16N4O2S2. The van der Waals surface area contributed by atoms with Crippen LogP contribution >= 0.6 is 11.3 Å². The first-order valence-corrected chi connectivity index (χ1v) is 9.29. The first kappa shape index (κ1) is 15.7. The third-order valence-electron chi connectivity index (χ3n) is 3.52. The SMILES string of the molecule is Cc1nc(S(=O)(=O)Nc2ccc(-n3cnc(C)c3C)cc2)cs1. The Morgan fingerprint density at radius 3 is 2.35 bits per heavy atom. The summed E-state index contributed by atoms with van der Waals surface area (Å²) >= 11 is 1.30. The average Bonchev–Trinajstić information content (AvgIpc) is 3.08. The molecule has 0 spiro atoms. The van der Waals surface area contributed by atoms with Crippen LogP contribution in [-0.2, 0) is 10.0 Å². The molecule has 3 aromatic rings. The van der Waals surface area contributed by atoms with Crippen molar-refractivity contribution in [3.05, 3.63) is 52.4 Å². The molecule has 2 aromatic heterocycles. The molecule has 8 heteroatoms. The highest BCUT2D eigenvalue weighted by Gasteiger charge is 2.17. The number of sulfonamides is 1. The van der Waals surface area contributed by atoms with E-state index < -0.39 is 10.0 Å². The molecule has 0 aliphatic rings. The lowest BCUT2D eigenvalue weighted by Gasteiger charge is -2.09. The van der Waals surface area contributed by atoms with Crippen LogP contribution in [-0.4, -0.2) is 23.0 Å². The molecule has 23 heavy (non-hydrogen) atoms. The normalized spacial score (nSPS) is 11.6. The zero-order chi connectivity index (χ0) is 16.6. The first-order chi connectivity index (χ1) is 10.9. The van der Waals surface area contributed by atoms with E-state index in [2.05, 4.69) is 14.7 Å². The van der Waals surface area contributed by atoms with Gasteiger partial charge in [0.05, 0.1) is 17.0 Å². The van der Waals surface area contributed by atoms with Crippen LogP contribution in [0, 0.1) is 20.8 Å². The van der Waals surface area contributed by atoms with Crippen molar-refractivity contribution in [2.45, 2.75) is 25.8 Å². The van der Waals surface area contributed by atoms with Crippen molar-refractivity contribution in [2.24, 2.45) is 0 Å². The molecule has 1 aromatic carbocycles. The van der Waals surface area contributed by atoms with Gasteiger partial charge < -0.3 is 4.57 Å². The summed E-state index contributed by atoms with van der Waals surface area (Å²) in [6.07, 6.45) is 1.75. The van der Waals surface area contributed by atoms with Crippen LogP contribution in [0.25, 0.3) is 5.69 Å². The molecule has 2 heterocycles. The molecule has 0 unspecified atom stereocenters. The minimum atomic E-state index is -3.64. The van der Waals surface area contributed by atoms with Gasteiger partial charge in [0.25, 0.3) is 10.0 Å². The van der Waals surface area contributed by atoms with E-state index in [0.29, 0.717) is 10.7 Å². The highest BCUT2D eigenvalue weighted by molar-refractivity contribution is 7.92. The molecule has 0 fully saturated rings. The molecular weight excluding hydrogens is 332 g/mol. The van der Waals surface area contributed by atoms with E-state index in [1.807, 2.05) is 30.5 Å². The number of imidazole rings is 1. The van der Waals surface area contributed by atoms with Gasteiger partial charge in [-0.25, -0.2) is 9.97 Å². The Morgan fingerprint density at radius 1 is 1.13 bits per heavy atom. The van der Waals surface area contributed by atoms with Gasteiger partial charge in [-0.15, -0.1) is 11.3 Å². The number of anilines is 1. The van der Waals surface area contributed by atoms with Gasteiger partial charge in [-0.3, -0.25) is 4.72 Å². The van der Waals surface area contributed by atoms with E-state index in [0.717, 1.165) is 17.1 Å². The largest absolute Gasteiger partial charge is 0.303 e. The van der Waals surface area contributed by atoms with Crippen molar-refractivity contribution >= 4 is 27.0 Å². The van der Waals surface area contributed by atoms with Crippen LogP contribution in [0.2, 0.25) is 0 Å². The molecule has 0 aliphatic carbocycles. The lowest BCUT2D eigenvalue weighted by atomic mass is 10.2. The van der Waals surface area contributed by atoms with Crippen molar-refractivity contribution in [3.8, 4) is 5.69 Å². The van der Waals surface area contributed by atoms with E-state index >= 15 is 0 Å². The topological polar surface area (TPSA) is 76.9 Å². The fourth-order valence-corrected chi connectivity index (χ4v) is 4.12. The van der Waals surface area contributed by atoms with Gasteiger partial charge in [-0.2, -0.15) is 8.42 Å². The molecule has 0 aliphatic heterocycles. The fraction of sp³-hybridized carbons (Fsp3) is 0.200. The van der Waals surface area contributed by atoms with Gasteiger partial charge >= 0.3 is 0 Å². The molecule has 0 saturated heterocycles. The Morgan fingerprint density at radius 2 is 1.83 bits per heavy atom. The summed E-state index contributed by atoms with van der Waals surface area (Å²) < 4.78 is 29.0. The predicted molar refractivity (Wildman–Crippen MR) is 90.7 cm³/mol. The molecule has 0 radical (unpaired) electrons. The molecule has 0 amide bonds. The van der Waals surface area contributed by atoms with E-state index in [1.165, 1.54) is 16.7 Å². The maximum Gasteiger partial charge on any atom is 0.280 e. The Balaban J connectivity index is 1.84. The molecule has 6 nitrogen and oxygen atoms in total. The Labute approximate surface area is 138 Å². The summed E-state index contributed by atoms with van der Waals surface area (Å²) in [6, 6.07) is 7.14. The summed E-state index contributed by atoms with van der Waals surface area (Å²) in [6.45, 7) is 5.71. The lowest BCUT2D eigenvalue weighted by molar-refractivity contribution is 0.598.